The highest BCUT2D eigenvalue weighted by molar-refractivity contribution is 7.90. The van der Waals surface area contributed by atoms with Gasteiger partial charge >= 0.3 is 11.9 Å². The molecule has 0 saturated carbocycles. The third kappa shape index (κ3) is 3.60. The first kappa shape index (κ1) is 19.8. The van der Waals surface area contributed by atoms with Crippen molar-refractivity contribution in [2.75, 3.05) is 0 Å². The Kier molecular flexibility index (Phi) is 4.95. The summed E-state index contributed by atoms with van der Waals surface area (Å²) in [6.07, 6.45) is 1.39. The van der Waals surface area contributed by atoms with Crippen LogP contribution < -0.4 is 0 Å². The van der Waals surface area contributed by atoms with Gasteiger partial charge in [-0.3, -0.25) is 4.79 Å². The molecule has 9 nitrogen and oxygen atoms in total. The topological polar surface area (TPSA) is 151 Å². The van der Waals surface area contributed by atoms with Crippen LogP contribution in [0.1, 0.15) is 20.7 Å². The van der Waals surface area contributed by atoms with Gasteiger partial charge in [0.1, 0.15) is 0 Å². The number of carbonyl (C=O) groups is 3. The number of nitrogens with zero attached hydrogens (tertiary/aromatic N) is 1. The number of ketones is 1. The highest BCUT2D eigenvalue weighted by Gasteiger charge is 2.24. The minimum absolute atomic E-state index is 0.0189. The van der Waals surface area contributed by atoms with E-state index in [1.807, 2.05) is 0 Å². The molecule has 1 aromatic heterocycles. The molecule has 0 amide bonds. The first-order valence-electron chi connectivity index (χ1n) is 8.00. The summed E-state index contributed by atoms with van der Waals surface area (Å²) in [6.45, 7) is 0. The molecule has 29 heavy (non-hydrogen) atoms. The largest absolute Gasteiger partial charge is 0.502 e. The van der Waals surface area contributed by atoms with Crippen LogP contribution >= 0.6 is 0 Å². The number of aromatic nitrogens is 1. The van der Waals surface area contributed by atoms with Gasteiger partial charge in [-0.25, -0.2) is 22.0 Å². The lowest BCUT2D eigenvalue weighted by molar-refractivity contribution is -0.135. The van der Waals surface area contributed by atoms with Crippen LogP contribution in [0.25, 0.3) is 10.9 Å². The maximum atomic E-state index is 13.0. The van der Waals surface area contributed by atoms with E-state index in [0.717, 1.165) is 16.2 Å². The summed E-state index contributed by atoms with van der Waals surface area (Å²) < 4.78 is 26.8. The number of hydrogen-bond acceptors (Lipinski definition) is 6. The van der Waals surface area contributed by atoms with E-state index < -0.39 is 33.5 Å². The van der Waals surface area contributed by atoms with Gasteiger partial charge in [0.2, 0.25) is 5.76 Å². The number of aliphatic hydroxyl groups is 1. The second-order valence-corrected chi connectivity index (χ2v) is 7.71. The Hall–Kier alpha value is -3.92. The Morgan fingerprint density at radius 3 is 2.17 bits per heavy atom. The third-order valence-corrected chi connectivity index (χ3v) is 5.76. The quantitative estimate of drug-likeness (QED) is 0.315. The van der Waals surface area contributed by atoms with E-state index in [4.69, 9.17) is 5.11 Å². The predicted octanol–water partition coefficient (Wildman–Crippen LogP) is 2.29. The van der Waals surface area contributed by atoms with Gasteiger partial charge in [0.15, 0.2) is 5.78 Å². The molecule has 0 aliphatic rings. The number of carboxylic acid groups (broad SMARTS) is 2. The van der Waals surface area contributed by atoms with Crippen molar-refractivity contribution in [2.24, 2.45) is 0 Å². The number of aromatic carboxylic acids is 1. The van der Waals surface area contributed by atoms with Crippen molar-refractivity contribution < 1.29 is 38.1 Å². The van der Waals surface area contributed by atoms with Gasteiger partial charge in [0.25, 0.3) is 10.0 Å². The van der Waals surface area contributed by atoms with Crippen LogP contribution in [0, 0.1) is 0 Å². The summed E-state index contributed by atoms with van der Waals surface area (Å²) in [6, 6.07) is 10.9. The van der Waals surface area contributed by atoms with Gasteiger partial charge in [-0.2, -0.15) is 0 Å². The zero-order chi connectivity index (χ0) is 21.3. The van der Waals surface area contributed by atoms with Crippen molar-refractivity contribution in [3.05, 3.63) is 77.7 Å². The van der Waals surface area contributed by atoms with E-state index >= 15 is 0 Å². The highest BCUT2D eigenvalue weighted by Crippen LogP contribution is 2.28. The van der Waals surface area contributed by atoms with Gasteiger partial charge in [0, 0.05) is 23.2 Å². The third-order valence-electron chi connectivity index (χ3n) is 4.07. The fraction of sp³-hybridized carbons (Fsp3) is 0. The number of fused-ring (bicyclic) bond motifs is 1. The average molecular weight is 415 g/mol. The molecule has 0 radical (unpaired) electrons. The van der Waals surface area contributed by atoms with Crippen molar-refractivity contribution in [3.63, 3.8) is 0 Å². The summed E-state index contributed by atoms with van der Waals surface area (Å²) in [5, 5.41) is 27.3. The summed E-state index contributed by atoms with van der Waals surface area (Å²) in [4.78, 5) is 34.5. The van der Waals surface area contributed by atoms with Gasteiger partial charge in [0.05, 0.1) is 16.0 Å². The number of allylic oxidation sites excluding steroid dienone is 1. The number of carbonyl (C=O) groups excluding carboxylic acids is 1. The molecule has 10 heteroatoms. The van der Waals surface area contributed by atoms with Crippen LogP contribution in [0.2, 0.25) is 0 Å². The monoisotopic (exact) mass is 415 g/mol. The second-order valence-electron chi connectivity index (χ2n) is 5.89. The maximum Gasteiger partial charge on any atom is 0.371 e. The summed E-state index contributed by atoms with van der Waals surface area (Å²) in [5.41, 5.74) is -0.464. The van der Waals surface area contributed by atoms with Crippen molar-refractivity contribution >= 4 is 38.6 Å². The lowest BCUT2D eigenvalue weighted by Crippen LogP contribution is -2.12. The lowest BCUT2D eigenvalue weighted by atomic mass is 10.1. The Bertz CT molecular complexity index is 1290. The molecule has 0 spiro atoms. The molecule has 0 fully saturated rings. The number of benzene rings is 2. The van der Waals surface area contributed by atoms with Crippen molar-refractivity contribution in [1.29, 1.82) is 0 Å². The smallest absolute Gasteiger partial charge is 0.371 e. The van der Waals surface area contributed by atoms with Crippen molar-refractivity contribution in [2.45, 2.75) is 4.90 Å². The normalized spacial score (nSPS) is 12.1. The molecule has 2 aromatic carbocycles. The molecule has 0 aliphatic carbocycles. The van der Waals surface area contributed by atoms with Gasteiger partial charge in [-0.05, 0) is 30.3 Å². The molecule has 3 aromatic rings. The number of aliphatic carboxylic acids is 1. The molecule has 0 atom stereocenters. The molecule has 0 aliphatic heterocycles. The first-order valence-corrected chi connectivity index (χ1v) is 9.44. The maximum absolute atomic E-state index is 13.0. The summed E-state index contributed by atoms with van der Waals surface area (Å²) in [7, 11) is -4.14. The predicted molar refractivity (Wildman–Crippen MR) is 101 cm³/mol. The zero-order valence-corrected chi connectivity index (χ0v) is 15.3. The number of carboxylic acids is 2. The molecule has 0 bridgehead atoms. The lowest BCUT2D eigenvalue weighted by Gasteiger charge is -2.07. The Labute approximate surface area is 163 Å². The molecule has 3 N–H and O–H groups in total. The standard InChI is InChI=1S/C19H13NO8S/c21-16(9-17(22)19(25)26)14-10-20(29(27,28)12-4-2-1-3-5-12)15-7-6-11(18(23)24)8-13(14)15/h1-10,22H,(H,23,24)(H,25,26)/b17-9-. The molecule has 148 valence electrons. The molecule has 3 rings (SSSR count). The zero-order valence-electron chi connectivity index (χ0n) is 14.5. The van der Waals surface area contributed by atoms with Crippen LogP contribution in [0.15, 0.2) is 71.5 Å². The van der Waals surface area contributed by atoms with Crippen LogP contribution in [0.5, 0.6) is 0 Å². The second kappa shape index (κ2) is 7.24. The number of rotatable bonds is 6. The first-order chi connectivity index (χ1) is 13.6. The Morgan fingerprint density at radius 2 is 1.59 bits per heavy atom. The Morgan fingerprint density at radius 1 is 0.931 bits per heavy atom. The van der Waals surface area contributed by atoms with Gasteiger partial charge in [-0.1, -0.05) is 18.2 Å². The van der Waals surface area contributed by atoms with Gasteiger partial charge < -0.3 is 15.3 Å². The molecule has 0 unspecified atom stereocenters. The van der Waals surface area contributed by atoms with Crippen LogP contribution in [0.4, 0.5) is 0 Å². The van der Waals surface area contributed by atoms with Gasteiger partial charge in [-0.15, -0.1) is 0 Å². The van der Waals surface area contributed by atoms with E-state index in [-0.39, 0.29) is 26.9 Å². The Balaban J connectivity index is 2.31. The minimum Gasteiger partial charge on any atom is -0.502 e. The average Bonchev–Trinajstić information content (AvgIpc) is 3.08. The van der Waals surface area contributed by atoms with E-state index in [1.54, 1.807) is 6.07 Å². The number of hydrogen-bond donors (Lipinski definition) is 3. The molecule has 1 heterocycles. The minimum atomic E-state index is -4.14. The van der Waals surface area contributed by atoms with E-state index in [9.17, 15) is 33.0 Å². The molecular formula is C19H13NO8S. The summed E-state index contributed by atoms with van der Waals surface area (Å²) in [5.74, 6) is -5.28. The molecule has 0 saturated heterocycles. The van der Waals surface area contributed by atoms with Crippen molar-refractivity contribution in [1.82, 2.24) is 3.97 Å². The fourth-order valence-corrected chi connectivity index (χ4v) is 4.09. The van der Waals surface area contributed by atoms with Crippen LogP contribution in [0.3, 0.4) is 0 Å². The molecular weight excluding hydrogens is 402 g/mol. The van der Waals surface area contributed by atoms with Crippen LogP contribution in [-0.2, 0) is 14.8 Å². The van der Waals surface area contributed by atoms with E-state index in [2.05, 4.69) is 0 Å². The van der Waals surface area contributed by atoms with E-state index in [1.165, 1.54) is 36.4 Å². The highest BCUT2D eigenvalue weighted by atomic mass is 32.2. The van der Waals surface area contributed by atoms with E-state index in [0.29, 0.717) is 6.08 Å². The van der Waals surface area contributed by atoms with Crippen molar-refractivity contribution in [3.8, 4) is 0 Å². The fourth-order valence-electron chi connectivity index (χ4n) is 2.70. The summed E-state index contributed by atoms with van der Waals surface area (Å²) >= 11 is 0. The SMILES string of the molecule is O=C(O)/C(O)=C/C(=O)c1cn(S(=O)(=O)c2ccccc2)c2ccc(C(=O)O)cc12. The number of aliphatic hydroxyl groups excluding tert-OH is 1. The van der Waals surface area contributed by atoms with Crippen LogP contribution in [-0.4, -0.2) is 45.4 Å².